The van der Waals surface area contributed by atoms with Crippen LogP contribution in [0.15, 0.2) is 60.9 Å². The molecule has 0 bridgehead atoms. The number of carbonyl (C=O) groups is 1. The van der Waals surface area contributed by atoms with E-state index in [1.807, 2.05) is 46.2 Å². The molecule has 3 aromatic rings. The van der Waals surface area contributed by atoms with Crippen LogP contribution in [0.4, 0.5) is 0 Å². The predicted octanol–water partition coefficient (Wildman–Crippen LogP) is 3.52. The highest BCUT2D eigenvalue weighted by Crippen LogP contribution is 2.22. The molecule has 1 saturated heterocycles. The number of fused-ring (bicyclic) bond motifs is 1. The summed E-state index contributed by atoms with van der Waals surface area (Å²) in [5.74, 6) is 0.857. The zero-order valence-corrected chi connectivity index (χ0v) is 14.3. The van der Waals surface area contributed by atoms with Crippen LogP contribution in [0.5, 0.6) is 0 Å². The molecule has 128 valence electrons. The van der Waals surface area contributed by atoms with Gasteiger partial charge in [-0.1, -0.05) is 42.5 Å². The molecule has 1 aliphatic rings. The molecular weight excluding hydrogens is 310 g/mol. The fourth-order valence-corrected chi connectivity index (χ4v) is 3.76. The van der Waals surface area contributed by atoms with Crippen LogP contribution >= 0.6 is 0 Å². The van der Waals surface area contributed by atoms with Crippen LogP contribution in [-0.2, 0) is 17.8 Å². The SMILES string of the molecule is O=C(Cc1cccc2ccccc12)N1CCC(Cn2cccn2)CC1. The average Bonchev–Trinajstić information content (AvgIpc) is 3.16. The van der Waals surface area contributed by atoms with Gasteiger partial charge in [0.1, 0.15) is 0 Å². The number of aromatic nitrogens is 2. The molecule has 4 heteroatoms. The quantitative estimate of drug-likeness (QED) is 0.733. The smallest absolute Gasteiger partial charge is 0.227 e. The van der Waals surface area contributed by atoms with Crippen molar-refractivity contribution in [2.45, 2.75) is 25.8 Å². The second-order valence-electron chi connectivity index (χ2n) is 6.87. The van der Waals surface area contributed by atoms with E-state index in [4.69, 9.17) is 0 Å². The summed E-state index contributed by atoms with van der Waals surface area (Å²) in [6, 6.07) is 16.5. The Bertz CT molecular complexity index is 843. The topological polar surface area (TPSA) is 38.1 Å². The third-order valence-corrected chi connectivity index (χ3v) is 5.19. The van der Waals surface area contributed by atoms with Gasteiger partial charge in [0, 0.05) is 32.0 Å². The number of rotatable bonds is 4. The summed E-state index contributed by atoms with van der Waals surface area (Å²) in [6.07, 6.45) is 6.44. The third-order valence-electron chi connectivity index (χ3n) is 5.19. The van der Waals surface area contributed by atoms with Gasteiger partial charge in [0.2, 0.25) is 5.91 Å². The fraction of sp³-hybridized carbons (Fsp3) is 0.333. The molecule has 2 heterocycles. The normalized spacial score (nSPS) is 15.6. The zero-order valence-electron chi connectivity index (χ0n) is 14.3. The van der Waals surface area contributed by atoms with Crippen LogP contribution in [0.3, 0.4) is 0 Å². The van der Waals surface area contributed by atoms with Crippen LogP contribution in [-0.4, -0.2) is 33.7 Å². The number of benzene rings is 2. The van der Waals surface area contributed by atoms with Gasteiger partial charge in [0.25, 0.3) is 0 Å². The van der Waals surface area contributed by atoms with E-state index >= 15 is 0 Å². The van der Waals surface area contributed by atoms with Crippen LogP contribution in [0, 0.1) is 5.92 Å². The van der Waals surface area contributed by atoms with Gasteiger partial charge in [-0.05, 0) is 41.2 Å². The maximum absolute atomic E-state index is 12.7. The Morgan fingerprint density at radius 2 is 1.84 bits per heavy atom. The molecule has 0 saturated carbocycles. The molecule has 0 radical (unpaired) electrons. The Hall–Kier alpha value is -2.62. The highest BCUT2D eigenvalue weighted by atomic mass is 16.2. The number of amides is 1. The average molecular weight is 333 g/mol. The molecular formula is C21H23N3O. The summed E-state index contributed by atoms with van der Waals surface area (Å²) in [7, 11) is 0. The molecule has 4 rings (SSSR count). The summed E-state index contributed by atoms with van der Waals surface area (Å²) in [4.78, 5) is 14.8. The third kappa shape index (κ3) is 3.58. The van der Waals surface area contributed by atoms with Gasteiger partial charge in [-0.2, -0.15) is 5.10 Å². The molecule has 0 spiro atoms. The lowest BCUT2D eigenvalue weighted by molar-refractivity contribution is -0.131. The van der Waals surface area contributed by atoms with E-state index in [2.05, 4.69) is 29.4 Å². The number of hydrogen-bond donors (Lipinski definition) is 0. The molecule has 1 amide bonds. The lowest BCUT2D eigenvalue weighted by atomic mass is 9.96. The van der Waals surface area contributed by atoms with Crippen molar-refractivity contribution in [1.29, 1.82) is 0 Å². The molecule has 25 heavy (non-hydrogen) atoms. The van der Waals surface area contributed by atoms with E-state index in [1.165, 1.54) is 10.8 Å². The minimum atomic E-state index is 0.244. The lowest BCUT2D eigenvalue weighted by Gasteiger charge is -2.32. The minimum absolute atomic E-state index is 0.244. The van der Waals surface area contributed by atoms with Crippen molar-refractivity contribution in [3.05, 3.63) is 66.5 Å². The number of nitrogens with zero attached hydrogens (tertiary/aromatic N) is 3. The minimum Gasteiger partial charge on any atom is -0.342 e. The van der Waals surface area contributed by atoms with Gasteiger partial charge >= 0.3 is 0 Å². The van der Waals surface area contributed by atoms with Gasteiger partial charge in [-0.3, -0.25) is 9.48 Å². The van der Waals surface area contributed by atoms with Crippen LogP contribution in [0.25, 0.3) is 10.8 Å². The molecule has 0 atom stereocenters. The van der Waals surface area contributed by atoms with E-state index in [-0.39, 0.29) is 5.91 Å². The summed E-state index contributed by atoms with van der Waals surface area (Å²) < 4.78 is 2.00. The highest BCUT2D eigenvalue weighted by molar-refractivity contribution is 5.90. The van der Waals surface area contributed by atoms with E-state index in [0.717, 1.165) is 38.0 Å². The molecule has 1 fully saturated rings. The van der Waals surface area contributed by atoms with Crippen LogP contribution < -0.4 is 0 Å². The van der Waals surface area contributed by atoms with Crippen molar-refractivity contribution < 1.29 is 4.79 Å². The monoisotopic (exact) mass is 333 g/mol. The molecule has 1 aromatic heterocycles. The largest absolute Gasteiger partial charge is 0.342 e. The Labute approximate surface area is 148 Å². The Morgan fingerprint density at radius 1 is 1.04 bits per heavy atom. The zero-order chi connectivity index (χ0) is 17.1. The Balaban J connectivity index is 1.37. The highest BCUT2D eigenvalue weighted by Gasteiger charge is 2.23. The first-order valence-electron chi connectivity index (χ1n) is 9.01. The lowest BCUT2D eigenvalue weighted by Crippen LogP contribution is -2.40. The second kappa shape index (κ2) is 7.09. The molecule has 4 nitrogen and oxygen atoms in total. The second-order valence-corrected chi connectivity index (χ2v) is 6.87. The summed E-state index contributed by atoms with van der Waals surface area (Å²) in [6.45, 7) is 2.67. The van der Waals surface area contributed by atoms with E-state index in [9.17, 15) is 4.79 Å². The van der Waals surface area contributed by atoms with Crippen molar-refractivity contribution in [3.63, 3.8) is 0 Å². The first-order valence-corrected chi connectivity index (χ1v) is 9.01. The standard InChI is InChI=1S/C21H23N3O/c25-21(15-19-7-3-6-18-5-1-2-8-20(18)19)23-13-9-17(10-14-23)16-24-12-4-11-22-24/h1-8,11-12,17H,9-10,13-16H2. The maximum Gasteiger partial charge on any atom is 0.227 e. The van der Waals surface area contributed by atoms with Gasteiger partial charge in [-0.25, -0.2) is 0 Å². The number of carbonyl (C=O) groups excluding carboxylic acids is 1. The van der Waals surface area contributed by atoms with Crippen molar-refractivity contribution >= 4 is 16.7 Å². The molecule has 1 aliphatic heterocycles. The summed E-state index contributed by atoms with van der Waals surface area (Å²) in [5.41, 5.74) is 1.13. The van der Waals surface area contributed by atoms with Gasteiger partial charge in [0.05, 0.1) is 6.42 Å². The van der Waals surface area contributed by atoms with Crippen molar-refractivity contribution in [2.75, 3.05) is 13.1 Å². The first-order chi connectivity index (χ1) is 12.3. The van der Waals surface area contributed by atoms with E-state index in [1.54, 1.807) is 0 Å². The predicted molar refractivity (Wildman–Crippen MR) is 99.2 cm³/mol. The Morgan fingerprint density at radius 3 is 2.64 bits per heavy atom. The van der Waals surface area contributed by atoms with Gasteiger partial charge in [-0.15, -0.1) is 0 Å². The molecule has 0 aliphatic carbocycles. The van der Waals surface area contributed by atoms with Crippen LogP contribution in [0.2, 0.25) is 0 Å². The number of hydrogen-bond acceptors (Lipinski definition) is 2. The Kier molecular flexibility index (Phi) is 4.51. The molecule has 2 aromatic carbocycles. The first kappa shape index (κ1) is 15.9. The molecule has 0 N–H and O–H groups in total. The van der Waals surface area contributed by atoms with Crippen LogP contribution in [0.1, 0.15) is 18.4 Å². The van der Waals surface area contributed by atoms with Gasteiger partial charge in [0.15, 0.2) is 0 Å². The number of piperidine rings is 1. The summed E-state index contributed by atoms with van der Waals surface area (Å²) >= 11 is 0. The summed E-state index contributed by atoms with van der Waals surface area (Å²) in [5, 5.41) is 6.67. The number of likely N-dealkylation sites (tertiary alicyclic amines) is 1. The van der Waals surface area contributed by atoms with E-state index < -0.39 is 0 Å². The van der Waals surface area contributed by atoms with Crippen molar-refractivity contribution in [3.8, 4) is 0 Å². The van der Waals surface area contributed by atoms with Gasteiger partial charge < -0.3 is 4.90 Å². The van der Waals surface area contributed by atoms with E-state index in [0.29, 0.717) is 12.3 Å². The maximum atomic E-state index is 12.7. The van der Waals surface area contributed by atoms with Crippen molar-refractivity contribution in [1.82, 2.24) is 14.7 Å². The fourth-order valence-electron chi connectivity index (χ4n) is 3.76. The molecule has 0 unspecified atom stereocenters. The van der Waals surface area contributed by atoms with Crippen molar-refractivity contribution in [2.24, 2.45) is 5.92 Å².